The van der Waals surface area contributed by atoms with Crippen molar-refractivity contribution in [2.45, 2.75) is 173 Å². The predicted octanol–water partition coefficient (Wildman–Crippen LogP) is 6.35. The van der Waals surface area contributed by atoms with Gasteiger partial charge in [0.2, 0.25) is 0 Å². The summed E-state index contributed by atoms with van der Waals surface area (Å²) in [4.78, 5) is 51.7. The number of carbonyl (C=O) groups excluding carboxylic acids is 4. The third-order valence-electron chi connectivity index (χ3n) is 14.1. The van der Waals surface area contributed by atoms with Crippen LogP contribution in [0.15, 0.2) is 0 Å². The molecule has 4 rings (SSSR count). The number of ether oxygens (including phenoxy) is 4. The Kier molecular flexibility index (Phi) is 18.0. The Bertz CT molecular complexity index is 1220. The molecule has 4 fully saturated rings. The van der Waals surface area contributed by atoms with Crippen LogP contribution in [0.4, 0.5) is 0 Å². The summed E-state index contributed by atoms with van der Waals surface area (Å²) in [5.74, 6) is -0.298. The first kappa shape index (κ1) is 44.9. The highest BCUT2D eigenvalue weighted by atomic mass is 31.0. The fourth-order valence-electron chi connectivity index (χ4n) is 11.3. The highest BCUT2D eigenvalue weighted by Gasteiger charge is 2.67. The van der Waals surface area contributed by atoms with Gasteiger partial charge in [-0.15, -0.1) is 9.24 Å². The lowest BCUT2D eigenvalue weighted by Crippen LogP contribution is -2.63. The summed E-state index contributed by atoms with van der Waals surface area (Å²) < 4.78 is 24.4. The second-order valence-corrected chi connectivity index (χ2v) is 18.3. The van der Waals surface area contributed by atoms with Crippen molar-refractivity contribution in [2.24, 2.45) is 57.6 Å². The molecule has 4 saturated carbocycles. The van der Waals surface area contributed by atoms with Crippen LogP contribution in [0.1, 0.15) is 149 Å². The summed E-state index contributed by atoms with van der Waals surface area (Å²) in [6, 6.07) is 0. The van der Waals surface area contributed by atoms with Gasteiger partial charge in [0.05, 0.1) is 25.9 Å². The van der Waals surface area contributed by atoms with Crippen LogP contribution in [0.5, 0.6) is 0 Å². The minimum Gasteiger partial charge on any atom is -0.466 e. The van der Waals surface area contributed by atoms with Gasteiger partial charge < -0.3 is 36.1 Å². The first-order valence-electron chi connectivity index (χ1n) is 21.5. The minimum atomic E-state index is -0.393. The van der Waals surface area contributed by atoms with E-state index in [1.807, 2.05) is 0 Å². The van der Waals surface area contributed by atoms with Crippen LogP contribution in [-0.2, 0) is 38.1 Å². The maximum atomic E-state index is 13.3. The van der Waals surface area contributed by atoms with E-state index in [1.165, 1.54) is 38.5 Å². The molecule has 11 nitrogen and oxygen atoms in total. The first-order valence-corrected chi connectivity index (χ1v) is 22.2. The second-order valence-electron chi connectivity index (χ2n) is 17.4. The zero-order valence-electron chi connectivity index (χ0n) is 33.7. The zero-order valence-corrected chi connectivity index (χ0v) is 34.9. The van der Waals surface area contributed by atoms with Crippen LogP contribution in [0.25, 0.3) is 0 Å². The smallest absolute Gasteiger partial charge is 0.307 e. The van der Waals surface area contributed by atoms with Crippen molar-refractivity contribution in [1.82, 2.24) is 0 Å². The van der Waals surface area contributed by atoms with Gasteiger partial charge in [-0.3, -0.25) is 19.2 Å². The molecule has 0 radical (unpaired) electrons. The van der Waals surface area contributed by atoms with Crippen molar-refractivity contribution in [2.75, 3.05) is 26.2 Å². The largest absolute Gasteiger partial charge is 0.466 e. The number of hydrogen-bond donors (Lipinski definition) is 3. The van der Waals surface area contributed by atoms with E-state index in [4.69, 9.17) is 36.1 Å². The Balaban J connectivity index is 1.50. The van der Waals surface area contributed by atoms with Gasteiger partial charge in [-0.25, -0.2) is 0 Å². The van der Waals surface area contributed by atoms with E-state index in [9.17, 15) is 19.2 Å². The van der Waals surface area contributed by atoms with E-state index in [1.54, 1.807) is 0 Å². The van der Waals surface area contributed by atoms with Crippen LogP contribution >= 0.6 is 9.24 Å². The van der Waals surface area contributed by atoms with Crippen molar-refractivity contribution in [1.29, 1.82) is 0 Å². The molecule has 0 bridgehead atoms. The first-order chi connectivity index (χ1) is 25.9. The monoisotopic (exact) mass is 780 g/mol. The average Bonchev–Trinajstić information content (AvgIpc) is 3.49. The standard InChI is InChI=1S/C42H74N3O8P/c1-4-5-6-7-8-9-10-11-24-50-36(46)15-14-34(54)30-12-13-31-40-32(27-35(42(30,31)3)53-39(49)19-23-45)41(2)20-16-29(51-37(47)17-21-43)25-28(41)26-33(40)52-38(48)18-22-44/h28-35,40H,4-27,43-45,54H2,1-3H3/t28-,29+,30+,31-,32-,33+,34+,35-,40-,41-,42+/m0/s1. The lowest BCUT2D eigenvalue weighted by molar-refractivity contribution is -0.223. The number of esters is 4. The van der Waals surface area contributed by atoms with Crippen molar-refractivity contribution in [3.63, 3.8) is 0 Å². The molecule has 12 atom stereocenters. The molecule has 0 aromatic heterocycles. The third-order valence-corrected chi connectivity index (χ3v) is 14.9. The van der Waals surface area contributed by atoms with E-state index in [0.717, 1.165) is 38.5 Å². The molecule has 310 valence electrons. The number of hydrogen-bond acceptors (Lipinski definition) is 11. The highest BCUT2D eigenvalue weighted by Crippen LogP contribution is 2.69. The number of fused-ring (bicyclic) bond motifs is 5. The van der Waals surface area contributed by atoms with Crippen LogP contribution in [0, 0.1) is 40.4 Å². The third kappa shape index (κ3) is 11.2. The second kappa shape index (κ2) is 21.6. The predicted molar refractivity (Wildman–Crippen MR) is 213 cm³/mol. The zero-order chi connectivity index (χ0) is 39.3. The van der Waals surface area contributed by atoms with Gasteiger partial charge in [0.1, 0.15) is 18.3 Å². The molecular formula is C42H74N3O8P. The van der Waals surface area contributed by atoms with Crippen LogP contribution in [0.2, 0.25) is 0 Å². The van der Waals surface area contributed by atoms with Gasteiger partial charge in [-0.05, 0) is 92.5 Å². The van der Waals surface area contributed by atoms with Gasteiger partial charge in [0, 0.05) is 37.4 Å². The molecule has 0 saturated heterocycles. The molecule has 0 spiro atoms. The quantitative estimate of drug-likeness (QED) is 0.0482. The number of rotatable bonds is 22. The molecule has 0 aromatic rings. The van der Waals surface area contributed by atoms with Crippen LogP contribution < -0.4 is 17.2 Å². The Morgan fingerprint density at radius 2 is 1.31 bits per heavy atom. The molecule has 0 aliphatic heterocycles. The molecular weight excluding hydrogens is 705 g/mol. The van der Waals surface area contributed by atoms with Crippen LogP contribution in [0.3, 0.4) is 0 Å². The Morgan fingerprint density at radius 3 is 1.96 bits per heavy atom. The number of carbonyl (C=O) groups is 4. The van der Waals surface area contributed by atoms with E-state index in [0.29, 0.717) is 38.7 Å². The fraction of sp³-hybridized carbons (Fsp3) is 0.905. The number of unbranched alkanes of at least 4 members (excludes halogenated alkanes) is 7. The van der Waals surface area contributed by atoms with Crippen molar-refractivity contribution < 1.29 is 38.1 Å². The maximum Gasteiger partial charge on any atom is 0.307 e. The van der Waals surface area contributed by atoms with E-state index in [2.05, 4.69) is 30.0 Å². The lowest BCUT2D eigenvalue weighted by Gasteiger charge is -2.64. The van der Waals surface area contributed by atoms with Gasteiger partial charge in [0.25, 0.3) is 0 Å². The minimum absolute atomic E-state index is 0.0811. The van der Waals surface area contributed by atoms with Gasteiger partial charge in [-0.2, -0.15) is 0 Å². The van der Waals surface area contributed by atoms with Crippen LogP contribution in [-0.4, -0.2) is 74.1 Å². The van der Waals surface area contributed by atoms with Crippen molar-refractivity contribution in [3.8, 4) is 0 Å². The molecule has 0 aromatic carbocycles. The van der Waals surface area contributed by atoms with E-state index < -0.39 is 5.41 Å². The molecule has 1 unspecified atom stereocenters. The van der Waals surface area contributed by atoms with E-state index >= 15 is 0 Å². The Labute approximate surface area is 327 Å². The number of nitrogens with two attached hydrogens (primary N) is 3. The average molecular weight is 780 g/mol. The Morgan fingerprint density at radius 1 is 0.704 bits per heavy atom. The summed E-state index contributed by atoms with van der Waals surface area (Å²) in [5, 5.41) is 0. The molecule has 4 aliphatic carbocycles. The molecule has 4 aliphatic rings. The molecule has 6 N–H and O–H groups in total. The fourth-order valence-corrected chi connectivity index (χ4v) is 12.0. The van der Waals surface area contributed by atoms with E-state index in [-0.39, 0.29) is 122 Å². The Hall–Kier alpha value is -1.81. The summed E-state index contributed by atoms with van der Waals surface area (Å²) >= 11 is 0. The maximum absolute atomic E-state index is 13.3. The topological polar surface area (TPSA) is 183 Å². The van der Waals surface area contributed by atoms with Crippen molar-refractivity contribution in [3.05, 3.63) is 0 Å². The summed E-state index contributed by atoms with van der Waals surface area (Å²) in [5.41, 5.74) is 16.8. The molecule has 12 heteroatoms. The highest BCUT2D eigenvalue weighted by molar-refractivity contribution is 7.17. The molecule has 0 amide bonds. The van der Waals surface area contributed by atoms with Crippen molar-refractivity contribution >= 4 is 33.1 Å². The molecule has 54 heavy (non-hydrogen) atoms. The lowest BCUT2D eigenvalue weighted by atomic mass is 9.43. The summed E-state index contributed by atoms with van der Waals surface area (Å²) in [7, 11) is 3.03. The van der Waals surface area contributed by atoms with Gasteiger partial charge >= 0.3 is 23.9 Å². The van der Waals surface area contributed by atoms with Gasteiger partial charge in [-0.1, -0.05) is 65.7 Å². The SMILES string of the molecule is CCCCCCCCCCOC(=O)CC[C@@H](P)[C@H]1CC[C@H]2[C@@H]3[C@H](OC(=O)CCN)C[C@@H]4C[C@H](OC(=O)CCN)CC[C@]4(C)[C@H]3C[C@H](OC(=O)CCN)[C@]12C. The normalized spacial score (nSPS) is 33.5. The summed E-state index contributed by atoms with van der Waals surface area (Å²) in [6.45, 7) is 8.04. The van der Waals surface area contributed by atoms with Gasteiger partial charge in [0.15, 0.2) is 0 Å². The summed E-state index contributed by atoms with van der Waals surface area (Å²) in [6.07, 6.45) is 15.8. The molecule has 0 heterocycles.